The fraction of sp³-hybridized carbons (Fsp3) is 0.857. The van der Waals surface area contributed by atoms with Crippen molar-refractivity contribution >= 4 is 11.3 Å². The molecule has 2 heterocycles. The minimum atomic E-state index is 0.185. The summed E-state index contributed by atoms with van der Waals surface area (Å²) in [6.07, 6.45) is 3.47. The molecule has 108 valence electrons. The average molecular weight is 283 g/mol. The fourth-order valence-corrected chi connectivity index (χ4v) is 3.32. The van der Waals surface area contributed by atoms with E-state index in [-0.39, 0.29) is 6.10 Å². The van der Waals surface area contributed by atoms with E-state index >= 15 is 0 Å². The molecule has 4 nitrogen and oxygen atoms in total. The predicted molar refractivity (Wildman–Crippen MR) is 78.4 cm³/mol. The van der Waals surface area contributed by atoms with Crippen molar-refractivity contribution in [3.05, 3.63) is 10.0 Å². The van der Waals surface area contributed by atoms with Crippen molar-refractivity contribution in [2.75, 3.05) is 19.7 Å². The highest BCUT2D eigenvalue weighted by Gasteiger charge is 2.28. The van der Waals surface area contributed by atoms with Crippen molar-refractivity contribution in [2.24, 2.45) is 11.8 Å². The van der Waals surface area contributed by atoms with E-state index in [4.69, 9.17) is 4.74 Å². The Morgan fingerprint density at radius 3 is 2.95 bits per heavy atom. The van der Waals surface area contributed by atoms with Gasteiger partial charge in [-0.25, -0.2) is 0 Å². The normalized spacial score (nSPS) is 23.4. The number of nitrogens with one attached hydrogen (secondary N) is 1. The summed E-state index contributed by atoms with van der Waals surface area (Å²) in [6, 6.07) is 0. The molecular formula is C14H25N3OS. The van der Waals surface area contributed by atoms with Crippen LogP contribution in [-0.4, -0.2) is 29.9 Å². The van der Waals surface area contributed by atoms with Crippen LogP contribution in [0.25, 0.3) is 0 Å². The molecule has 1 fully saturated rings. The number of hydrogen-bond acceptors (Lipinski definition) is 5. The second-order valence-corrected chi connectivity index (χ2v) is 6.89. The van der Waals surface area contributed by atoms with Crippen LogP contribution in [0.1, 0.15) is 49.7 Å². The average Bonchev–Trinajstić information content (AvgIpc) is 2.97. The molecule has 0 bridgehead atoms. The standard InChI is InChI=1S/C14H25N3OS/c1-10(2)9-15-7-4-5-12-16-17-14(19-12)13-11(3)6-8-18-13/h10-11,13,15H,4-9H2,1-3H3. The Balaban J connectivity index is 1.72. The van der Waals surface area contributed by atoms with Gasteiger partial charge in [-0.15, -0.1) is 10.2 Å². The van der Waals surface area contributed by atoms with Gasteiger partial charge in [0, 0.05) is 13.0 Å². The van der Waals surface area contributed by atoms with E-state index in [1.165, 1.54) is 0 Å². The van der Waals surface area contributed by atoms with Gasteiger partial charge >= 0.3 is 0 Å². The molecule has 1 aromatic rings. The van der Waals surface area contributed by atoms with Crippen LogP contribution in [0.15, 0.2) is 0 Å². The van der Waals surface area contributed by atoms with Crippen molar-refractivity contribution < 1.29 is 4.74 Å². The maximum absolute atomic E-state index is 5.73. The molecule has 2 rings (SSSR count). The molecule has 0 aliphatic carbocycles. The van der Waals surface area contributed by atoms with Gasteiger partial charge in [-0.1, -0.05) is 32.1 Å². The topological polar surface area (TPSA) is 47.0 Å². The largest absolute Gasteiger partial charge is 0.371 e. The molecule has 19 heavy (non-hydrogen) atoms. The smallest absolute Gasteiger partial charge is 0.146 e. The van der Waals surface area contributed by atoms with Crippen LogP contribution in [0.5, 0.6) is 0 Å². The van der Waals surface area contributed by atoms with Crippen molar-refractivity contribution in [3.63, 3.8) is 0 Å². The molecule has 1 aliphatic rings. The third-order valence-corrected chi connectivity index (χ3v) is 4.45. The van der Waals surface area contributed by atoms with Gasteiger partial charge in [-0.2, -0.15) is 0 Å². The zero-order valence-electron chi connectivity index (χ0n) is 12.2. The van der Waals surface area contributed by atoms with Crippen molar-refractivity contribution in [1.82, 2.24) is 15.5 Å². The Morgan fingerprint density at radius 1 is 1.42 bits per heavy atom. The number of nitrogens with zero attached hydrogens (tertiary/aromatic N) is 2. The zero-order valence-corrected chi connectivity index (χ0v) is 13.0. The molecular weight excluding hydrogens is 258 g/mol. The Labute approximate surface area is 120 Å². The van der Waals surface area contributed by atoms with Crippen molar-refractivity contribution in [3.8, 4) is 0 Å². The second-order valence-electron chi connectivity index (χ2n) is 5.79. The molecule has 0 amide bonds. The van der Waals surface area contributed by atoms with Crippen LogP contribution in [0.2, 0.25) is 0 Å². The number of aromatic nitrogens is 2. The Hall–Kier alpha value is -0.520. The van der Waals surface area contributed by atoms with E-state index < -0.39 is 0 Å². The lowest BCUT2D eigenvalue weighted by Crippen LogP contribution is -2.21. The summed E-state index contributed by atoms with van der Waals surface area (Å²) >= 11 is 1.72. The highest BCUT2D eigenvalue weighted by atomic mass is 32.1. The first-order valence-electron chi connectivity index (χ1n) is 7.31. The molecule has 1 N–H and O–H groups in total. The van der Waals surface area contributed by atoms with Crippen LogP contribution in [0, 0.1) is 11.8 Å². The predicted octanol–water partition coefficient (Wildman–Crippen LogP) is 2.81. The summed E-state index contributed by atoms with van der Waals surface area (Å²) < 4.78 is 5.73. The molecule has 1 saturated heterocycles. The Kier molecular flexibility index (Phi) is 5.73. The first-order chi connectivity index (χ1) is 9.16. The SMILES string of the molecule is CC(C)CNCCCc1nnc(C2OCCC2C)s1. The lowest BCUT2D eigenvalue weighted by atomic mass is 10.1. The minimum absolute atomic E-state index is 0.185. The minimum Gasteiger partial charge on any atom is -0.371 e. The Morgan fingerprint density at radius 2 is 2.26 bits per heavy atom. The molecule has 2 unspecified atom stereocenters. The lowest BCUT2D eigenvalue weighted by molar-refractivity contribution is 0.0937. The summed E-state index contributed by atoms with van der Waals surface area (Å²) in [5.41, 5.74) is 0. The van der Waals surface area contributed by atoms with Gasteiger partial charge in [-0.05, 0) is 37.8 Å². The van der Waals surface area contributed by atoms with Gasteiger partial charge in [0.15, 0.2) is 0 Å². The molecule has 2 atom stereocenters. The van der Waals surface area contributed by atoms with Crippen molar-refractivity contribution in [1.29, 1.82) is 0 Å². The number of aryl methyl sites for hydroxylation is 1. The summed E-state index contributed by atoms with van der Waals surface area (Å²) in [5.74, 6) is 1.29. The maximum Gasteiger partial charge on any atom is 0.146 e. The van der Waals surface area contributed by atoms with Gasteiger partial charge in [0.25, 0.3) is 0 Å². The van der Waals surface area contributed by atoms with Gasteiger partial charge in [-0.3, -0.25) is 0 Å². The summed E-state index contributed by atoms with van der Waals surface area (Å²) in [5, 5.41) is 14.3. The molecule has 1 aliphatic heterocycles. The number of hydrogen-bond donors (Lipinski definition) is 1. The third-order valence-electron chi connectivity index (χ3n) is 3.41. The van der Waals surface area contributed by atoms with E-state index in [1.807, 2.05) is 0 Å². The lowest BCUT2D eigenvalue weighted by Gasteiger charge is -2.09. The maximum atomic E-state index is 5.73. The van der Waals surface area contributed by atoms with Gasteiger partial charge < -0.3 is 10.1 Å². The number of rotatable bonds is 7. The monoisotopic (exact) mass is 283 g/mol. The van der Waals surface area contributed by atoms with Crippen molar-refractivity contribution in [2.45, 2.75) is 46.1 Å². The molecule has 1 aromatic heterocycles. The first-order valence-corrected chi connectivity index (χ1v) is 8.13. The van der Waals surface area contributed by atoms with Crippen LogP contribution in [0.4, 0.5) is 0 Å². The van der Waals surface area contributed by atoms with Gasteiger partial charge in [0.2, 0.25) is 0 Å². The van der Waals surface area contributed by atoms with E-state index in [0.717, 1.165) is 49.0 Å². The quantitative estimate of drug-likeness (QED) is 0.782. The molecule has 0 radical (unpaired) electrons. The molecule has 5 heteroatoms. The summed E-state index contributed by atoms with van der Waals surface area (Å²) in [4.78, 5) is 0. The third kappa shape index (κ3) is 4.51. The van der Waals surface area contributed by atoms with Crippen LogP contribution < -0.4 is 5.32 Å². The molecule has 0 aromatic carbocycles. The highest BCUT2D eigenvalue weighted by Crippen LogP contribution is 2.35. The van der Waals surface area contributed by atoms with Crippen LogP contribution in [-0.2, 0) is 11.2 Å². The molecule has 0 saturated carbocycles. The summed E-state index contributed by atoms with van der Waals surface area (Å²) in [7, 11) is 0. The van der Waals surface area contributed by atoms with Crippen LogP contribution >= 0.6 is 11.3 Å². The van der Waals surface area contributed by atoms with Gasteiger partial charge in [0.05, 0.1) is 0 Å². The van der Waals surface area contributed by atoms with E-state index in [2.05, 4.69) is 36.3 Å². The highest BCUT2D eigenvalue weighted by molar-refractivity contribution is 7.11. The summed E-state index contributed by atoms with van der Waals surface area (Å²) in [6.45, 7) is 9.70. The fourth-order valence-electron chi connectivity index (χ4n) is 2.25. The van der Waals surface area contributed by atoms with E-state index in [1.54, 1.807) is 11.3 Å². The van der Waals surface area contributed by atoms with E-state index in [9.17, 15) is 0 Å². The zero-order chi connectivity index (χ0) is 13.7. The van der Waals surface area contributed by atoms with Crippen LogP contribution in [0.3, 0.4) is 0 Å². The molecule has 0 spiro atoms. The van der Waals surface area contributed by atoms with Gasteiger partial charge in [0.1, 0.15) is 16.1 Å². The van der Waals surface area contributed by atoms with E-state index in [0.29, 0.717) is 11.8 Å². The Bertz CT molecular complexity index is 381. The first kappa shape index (κ1) is 14.9. The second kappa shape index (κ2) is 7.31. The number of ether oxygens (including phenoxy) is 1.